The molecule has 0 heterocycles. The molecule has 0 aliphatic carbocycles. The van der Waals surface area contributed by atoms with E-state index in [9.17, 15) is 0 Å². The molecule has 0 aromatic carbocycles. The number of rotatable bonds is 1. The Morgan fingerprint density at radius 1 is 1.60 bits per heavy atom. The second-order valence-electron chi connectivity index (χ2n) is 0.644. The molecule has 0 aliphatic heterocycles. The maximum atomic E-state index is 2.03. The Balaban J connectivity index is 2.92. The Morgan fingerprint density at radius 3 is 2.20 bits per heavy atom. The van der Waals surface area contributed by atoms with Crippen LogP contribution >= 0.6 is 0 Å². The zero-order chi connectivity index (χ0) is 4.12. The molecule has 0 fully saturated rings. The van der Waals surface area contributed by atoms with E-state index in [1.807, 2.05) is 41.8 Å². The molecule has 0 rings (SSSR count). The monoisotopic (exact) mass is 246 g/mol. The molecule has 0 unspecified atom stereocenters. The molecular weight excluding hydrogens is 238 g/mol. The molecule has 0 amide bonds. The topological polar surface area (TPSA) is 0 Å². The van der Waals surface area contributed by atoms with Gasteiger partial charge in [0.2, 0.25) is 0 Å². The first-order valence-corrected chi connectivity index (χ1v) is 2.91. The molecule has 0 radical (unpaired) electrons. The van der Waals surface area contributed by atoms with Crippen LogP contribution in [0.1, 0.15) is 6.92 Å². The van der Waals surface area contributed by atoms with Crippen molar-refractivity contribution >= 4 is 4.57 Å². The Labute approximate surface area is 42.3 Å². The van der Waals surface area contributed by atoms with Crippen LogP contribution in [0.5, 0.6) is 0 Å². The van der Waals surface area contributed by atoms with Gasteiger partial charge in [-0.25, -0.2) is 0 Å². The average Bonchev–Trinajstić information content (AvgIpc) is 1.41. The summed E-state index contributed by atoms with van der Waals surface area (Å²) in [6.07, 6.45) is 4.02. The number of hydrogen-bond acceptors (Lipinski definition) is 0. The second kappa shape index (κ2) is 4.25. The van der Waals surface area contributed by atoms with E-state index in [1.165, 1.54) is 0 Å². The molecule has 30 valence electrons. The molecule has 0 aromatic rings. The van der Waals surface area contributed by atoms with Crippen molar-refractivity contribution < 1.29 is 18.1 Å². The standard InChI is InChI=1S/C4H6.Os/c1-3-4-2;/h1,3-4H,2H3;/b4-3-;. The van der Waals surface area contributed by atoms with Crippen molar-refractivity contribution in [2.75, 3.05) is 0 Å². The van der Waals surface area contributed by atoms with E-state index < -0.39 is 0 Å². The summed E-state index contributed by atoms with van der Waals surface area (Å²) in [5.74, 6) is 0. The van der Waals surface area contributed by atoms with Crippen LogP contribution in [0, 0.1) is 0 Å². The Morgan fingerprint density at radius 2 is 2.20 bits per heavy atom. The van der Waals surface area contributed by atoms with Crippen molar-refractivity contribution in [1.82, 2.24) is 0 Å². The van der Waals surface area contributed by atoms with Crippen LogP contribution in [-0.4, -0.2) is 4.57 Å². The van der Waals surface area contributed by atoms with Crippen LogP contribution in [0.2, 0.25) is 0 Å². The van der Waals surface area contributed by atoms with E-state index >= 15 is 0 Å². The summed E-state index contributed by atoms with van der Waals surface area (Å²) in [7, 11) is 0. The molecule has 0 saturated carbocycles. The summed E-state index contributed by atoms with van der Waals surface area (Å²) in [5, 5.41) is 0. The van der Waals surface area contributed by atoms with Crippen LogP contribution in [0.25, 0.3) is 0 Å². The summed E-state index contributed by atoms with van der Waals surface area (Å²) >= 11 is 1.84. The first kappa shape index (κ1) is 5.25. The van der Waals surface area contributed by atoms with Gasteiger partial charge in [-0.2, -0.15) is 0 Å². The quantitative estimate of drug-likeness (QED) is 0.643. The van der Waals surface area contributed by atoms with Gasteiger partial charge in [0.05, 0.1) is 0 Å². The molecule has 0 saturated heterocycles. The Kier molecular flexibility index (Phi) is 4.46. The van der Waals surface area contributed by atoms with Gasteiger partial charge in [0, 0.05) is 0 Å². The van der Waals surface area contributed by atoms with E-state index in [1.54, 1.807) is 0 Å². The van der Waals surface area contributed by atoms with Gasteiger partial charge in [0.1, 0.15) is 0 Å². The van der Waals surface area contributed by atoms with Gasteiger partial charge in [-0.05, 0) is 0 Å². The van der Waals surface area contributed by atoms with Crippen molar-refractivity contribution in [2.45, 2.75) is 6.92 Å². The second-order valence-corrected chi connectivity index (χ2v) is 1.49. The number of hydrogen-bond donors (Lipinski definition) is 0. The molecule has 0 N–H and O–H groups in total. The summed E-state index contributed by atoms with van der Waals surface area (Å²) in [6.45, 7) is 2.00. The molecule has 0 spiro atoms. The molecule has 0 atom stereocenters. The van der Waals surface area contributed by atoms with Gasteiger partial charge in [-0.1, -0.05) is 0 Å². The van der Waals surface area contributed by atoms with Gasteiger partial charge in [0.25, 0.3) is 0 Å². The maximum absolute atomic E-state index is 2.03. The van der Waals surface area contributed by atoms with Gasteiger partial charge in [0.15, 0.2) is 0 Å². The number of allylic oxidation sites excluding steroid dienone is 2. The molecule has 0 aromatic heterocycles. The van der Waals surface area contributed by atoms with Gasteiger partial charge in [-0.15, -0.1) is 0 Å². The van der Waals surface area contributed by atoms with Gasteiger partial charge in [-0.3, -0.25) is 0 Å². The predicted molar refractivity (Wildman–Crippen MR) is 20.9 cm³/mol. The first-order chi connectivity index (χ1) is 2.41. The van der Waals surface area contributed by atoms with Gasteiger partial charge < -0.3 is 0 Å². The van der Waals surface area contributed by atoms with E-state index in [0.717, 1.165) is 0 Å². The van der Waals surface area contributed by atoms with Crippen LogP contribution in [0.3, 0.4) is 0 Å². The third-order valence-electron chi connectivity index (χ3n) is 0.260. The third-order valence-corrected chi connectivity index (χ3v) is 0.749. The van der Waals surface area contributed by atoms with Crippen molar-refractivity contribution in [3.63, 3.8) is 0 Å². The fraction of sp³-hybridized carbons (Fsp3) is 0.250. The normalized spacial score (nSPS) is 9.20. The average molecular weight is 244 g/mol. The van der Waals surface area contributed by atoms with Gasteiger partial charge >= 0.3 is 41.8 Å². The Hall–Kier alpha value is 0.246. The predicted octanol–water partition coefficient (Wildman–Crippen LogP) is 0.911. The van der Waals surface area contributed by atoms with Crippen molar-refractivity contribution in [2.24, 2.45) is 0 Å². The van der Waals surface area contributed by atoms with E-state index in [2.05, 4.69) is 0 Å². The fourth-order valence-electron chi connectivity index (χ4n) is 0.0680. The Bertz CT molecular complexity index is 45.6. The molecule has 1 heteroatoms. The summed E-state index contributed by atoms with van der Waals surface area (Å²) < 4.78 is 2.03. The van der Waals surface area contributed by atoms with Crippen molar-refractivity contribution in [3.05, 3.63) is 12.2 Å². The van der Waals surface area contributed by atoms with Crippen molar-refractivity contribution in [1.29, 1.82) is 0 Å². The van der Waals surface area contributed by atoms with Crippen LogP contribution in [-0.2, 0) is 18.1 Å². The molecule has 5 heavy (non-hydrogen) atoms. The fourth-order valence-corrected chi connectivity index (χ4v) is 0.557. The molecule has 0 bridgehead atoms. The summed E-state index contributed by atoms with van der Waals surface area (Å²) in [6, 6.07) is 0. The summed E-state index contributed by atoms with van der Waals surface area (Å²) in [5.41, 5.74) is 0. The molecule has 0 aliphatic rings. The summed E-state index contributed by atoms with van der Waals surface area (Å²) in [4.78, 5) is 0. The van der Waals surface area contributed by atoms with Crippen LogP contribution in [0.4, 0.5) is 0 Å². The zero-order valence-corrected chi connectivity index (χ0v) is 5.63. The van der Waals surface area contributed by atoms with Crippen molar-refractivity contribution in [3.8, 4) is 0 Å². The zero-order valence-electron chi connectivity index (χ0n) is 3.09. The van der Waals surface area contributed by atoms with E-state index in [-0.39, 0.29) is 0 Å². The van der Waals surface area contributed by atoms with E-state index in [4.69, 9.17) is 0 Å². The molecule has 0 nitrogen and oxygen atoms in total. The molecular formula is C4H6Os. The minimum atomic E-state index is 1.84. The van der Waals surface area contributed by atoms with E-state index in [0.29, 0.717) is 0 Å². The van der Waals surface area contributed by atoms with Crippen LogP contribution < -0.4 is 0 Å². The minimum absolute atomic E-state index is 1.84. The third kappa shape index (κ3) is 4.25. The van der Waals surface area contributed by atoms with Crippen LogP contribution in [0.15, 0.2) is 12.2 Å². The SMILES string of the molecule is C/C=C\[CH]=[Os]. The first-order valence-electron chi connectivity index (χ1n) is 1.45.